The first kappa shape index (κ1) is 15.7. The van der Waals surface area contributed by atoms with Gasteiger partial charge in [0.15, 0.2) is 0 Å². The molecule has 0 aromatic heterocycles. The van der Waals surface area contributed by atoms with Gasteiger partial charge in [-0.1, -0.05) is 6.08 Å². The van der Waals surface area contributed by atoms with Gasteiger partial charge in [-0.2, -0.15) is 0 Å². The smallest absolute Gasteiger partial charge is 0.308 e. The molecular weight excluding hydrogens is 246 g/mol. The van der Waals surface area contributed by atoms with E-state index in [4.69, 9.17) is 9.84 Å². The van der Waals surface area contributed by atoms with Gasteiger partial charge in [-0.3, -0.25) is 9.59 Å². The molecule has 0 aromatic rings. The lowest BCUT2D eigenvalue weighted by atomic mass is 9.90. The molecule has 0 aromatic carbocycles. The predicted molar refractivity (Wildman–Crippen MR) is 71.8 cm³/mol. The van der Waals surface area contributed by atoms with Crippen LogP contribution < -0.4 is 0 Å². The van der Waals surface area contributed by atoms with Crippen molar-refractivity contribution in [2.75, 3.05) is 19.8 Å². The first-order valence-corrected chi connectivity index (χ1v) is 6.78. The molecule has 5 heteroatoms. The second-order valence-corrected chi connectivity index (χ2v) is 4.88. The van der Waals surface area contributed by atoms with Crippen LogP contribution in [0.3, 0.4) is 0 Å². The number of carbonyl (C=O) groups excluding carboxylic acids is 1. The summed E-state index contributed by atoms with van der Waals surface area (Å²) in [6.07, 6.45) is 4.16. The lowest BCUT2D eigenvalue weighted by Gasteiger charge is -2.37. The van der Waals surface area contributed by atoms with Crippen molar-refractivity contribution in [3.8, 4) is 0 Å². The Morgan fingerprint density at radius 1 is 1.53 bits per heavy atom. The molecule has 1 rings (SSSR count). The van der Waals surface area contributed by atoms with Gasteiger partial charge < -0.3 is 14.7 Å². The number of ether oxygens (including phenoxy) is 1. The summed E-state index contributed by atoms with van der Waals surface area (Å²) in [5.41, 5.74) is 0. The minimum Gasteiger partial charge on any atom is -0.481 e. The average Bonchev–Trinajstić information content (AvgIpc) is 2.38. The molecular formula is C14H23NO4. The minimum atomic E-state index is -0.806. The van der Waals surface area contributed by atoms with Gasteiger partial charge in [0.25, 0.3) is 0 Å². The summed E-state index contributed by atoms with van der Waals surface area (Å²) in [5.74, 6) is -1.21. The van der Waals surface area contributed by atoms with E-state index in [1.807, 2.05) is 6.92 Å². The largest absolute Gasteiger partial charge is 0.481 e. The van der Waals surface area contributed by atoms with Gasteiger partial charge in [0.2, 0.25) is 5.91 Å². The van der Waals surface area contributed by atoms with Crippen molar-refractivity contribution in [2.45, 2.75) is 38.6 Å². The Labute approximate surface area is 114 Å². The quantitative estimate of drug-likeness (QED) is 0.564. The van der Waals surface area contributed by atoms with Gasteiger partial charge in [0, 0.05) is 25.6 Å². The number of likely N-dealkylation sites (tertiary alicyclic amines) is 1. The van der Waals surface area contributed by atoms with E-state index < -0.39 is 11.9 Å². The zero-order chi connectivity index (χ0) is 14.3. The number of carbonyl (C=O) groups is 2. The van der Waals surface area contributed by atoms with Crippen molar-refractivity contribution in [3.05, 3.63) is 12.7 Å². The van der Waals surface area contributed by atoms with Crippen molar-refractivity contribution in [1.82, 2.24) is 4.90 Å². The van der Waals surface area contributed by atoms with E-state index in [2.05, 4.69) is 6.58 Å². The first-order valence-electron chi connectivity index (χ1n) is 6.78. The number of hydrogen-bond donors (Lipinski definition) is 1. The molecule has 1 aliphatic heterocycles. The van der Waals surface area contributed by atoms with Crippen LogP contribution in [0.2, 0.25) is 0 Å². The van der Waals surface area contributed by atoms with E-state index in [1.165, 1.54) is 0 Å². The van der Waals surface area contributed by atoms with Crippen LogP contribution in [0.25, 0.3) is 0 Å². The van der Waals surface area contributed by atoms with Crippen LogP contribution in [0, 0.1) is 5.92 Å². The van der Waals surface area contributed by atoms with Crippen LogP contribution in [0.15, 0.2) is 12.7 Å². The van der Waals surface area contributed by atoms with Gasteiger partial charge in [-0.25, -0.2) is 0 Å². The van der Waals surface area contributed by atoms with Crippen molar-refractivity contribution in [1.29, 1.82) is 0 Å². The van der Waals surface area contributed by atoms with Crippen molar-refractivity contribution in [3.63, 3.8) is 0 Å². The Morgan fingerprint density at radius 2 is 2.26 bits per heavy atom. The summed E-state index contributed by atoms with van der Waals surface area (Å²) in [7, 11) is 0. The maximum atomic E-state index is 12.1. The van der Waals surface area contributed by atoms with E-state index in [1.54, 1.807) is 11.0 Å². The Balaban J connectivity index is 2.38. The summed E-state index contributed by atoms with van der Waals surface area (Å²) in [5, 5.41) is 9.11. The Bertz CT molecular complexity index is 329. The Kier molecular flexibility index (Phi) is 6.56. The van der Waals surface area contributed by atoms with Crippen LogP contribution in [0.1, 0.15) is 32.6 Å². The standard InChI is InChI=1S/C14H23NO4/c1-3-9-19-10-5-7-13(16)15-8-4-6-12(11(15)2)14(17)18/h3,11-12H,1,4-10H2,2H3,(H,17,18)/t11-,12-/m1/s1. The summed E-state index contributed by atoms with van der Waals surface area (Å²) < 4.78 is 5.22. The van der Waals surface area contributed by atoms with E-state index in [0.717, 1.165) is 6.42 Å². The van der Waals surface area contributed by atoms with E-state index in [0.29, 0.717) is 39.0 Å². The van der Waals surface area contributed by atoms with Crippen molar-refractivity contribution < 1.29 is 19.4 Å². The molecule has 108 valence electrons. The van der Waals surface area contributed by atoms with E-state index >= 15 is 0 Å². The van der Waals surface area contributed by atoms with Crippen LogP contribution in [-0.4, -0.2) is 47.7 Å². The Morgan fingerprint density at radius 3 is 2.89 bits per heavy atom. The second-order valence-electron chi connectivity index (χ2n) is 4.88. The molecule has 1 amide bonds. The average molecular weight is 269 g/mol. The number of amides is 1. The van der Waals surface area contributed by atoms with Gasteiger partial charge in [0.1, 0.15) is 0 Å². The lowest BCUT2D eigenvalue weighted by molar-refractivity contribution is -0.149. The number of nitrogens with zero attached hydrogens (tertiary/aromatic N) is 1. The molecule has 0 aliphatic carbocycles. The van der Waals surface area contributed by atoms with Gasteiger partial charge >= 0.3 is 5.97 Å². The maximum absolute atomic E-state index is 12.1. The monoisotopic (exact) mass is 269 g/mol. The summed E-state index contributed by atoms with van der Waals surface area (Å²) in [4.78, 5) is 24.9. The molecule has 1 N–H and O–H groups in total. The molecule has 1 fully saturated rings. The summed E-state index contributed by atoms with van der Waals surface area (Å²) in [6.45, 7) is 7.06. The van der Waals surface area contributed by atoms with Crippen molar-refractivity contribution in [2.24, 2.45) is 5.92 Å². The van der Waals surface area contributed by atoms with Gasteiger partial charge in [-0.15, -0.1) is 6.58 Å². The highest BCUT2D eigenvalue weighted by Crippen LogP contribution is 2.24. The molecule has 1 aliphatic rings. The molecule has 0 unspecified atom stereocenters. The van der Waals surface area contributed by atoms with E-state index in [9.17, 15) is 9.59 Å². The molecule has 1 saturated heterocycles. The number of carboxylic acids is 1. The normalized spacial score (nSPS) is 23.1. The number of carboxylic acid groups (broad SMARTS) is 1. The Hall–Kier alpha value is -1.36. The van der Waals surface area contributed by atoms with Crippen LogP contribution in [0.4, 0.5) is 0 Å². The molecule has 2 atom stereocenters. The zero-order valence-corrected chi connectivity index (χ0v) is 11.5. The van der Waals surface area contributed by atoms with Gasteiger partial charge in [0.05, 0.1) is 12.5 Å². The fraction of sp³-hybridized carbons (Fsp3) is 0.714. The van der Waals surface area contributed by atoms with Crippen LogP contribution in [0.5, 0.6) is 0 Å². The molecule has 0 bridgehead atoms. The highest BCUT2D eigenvalue weighted by Gasteiger charge is 2.34. The number of piperidine rings is 1. The number of hydrogen-bond acceptors (Lipinski definition) is 3. The molecule has 0 radical (unpaired) electrons. The third-order valence-electron chi connectivity index (χ3n) is 3.54. The fourth-order valence-electron chi connectivity index (χ4n) is 2.46. The maximum Gasteiger partial charge on any atom is 0.308 e. The predicted octanol–water partition coefficient (Wildman–Crippen LogP) is 1.68. The fourth-order valence-corrected chi connectivity index (χ4v) is 2.46. The van der Waals surface area contributed by atoms with E-state index in [-0.39, 0.29) is 11.9 Å². The first-order chi connectivity index (χ1) is 9.07. The lowest BCUT2D eigenvalue weighted by Crippen LogP contribution is -2.49. The topological polar surface area (TPSA) is 66.8 Å². The SMILES string of the molecule is C=CCOCCCC(=O)N1CCC[C@@H](C(=O)O)[C@H]1C. The summed E-state index contributed by atoms with van der Waals surface area (Å²) in [6, 6.07) is -0.215. The number of rotatable bonds is 7. The zero-order valence-electron chi connectivity index (χ0n) is 11.5. The third-order valence-corrected chi connectivity index (χ3v) is 3.54. The molecule has 5 nitrogen and oxygen atoms in total. The number of aliphatic carboxylic acids is 1. The van der Waals surface area contributed by atoms with Gasteiger partial charge in [-0.05, 0) is 26.2 Å². The van der Waals surface area contributed by atoms with Crippen LogP contribution in [-0.2, 0) is 14.3 Å². The molecule has 1 heterocycles. The molecule has 0 saturated carbocycles. The highest BCUT2D eigenvalue weighted by molar-refractivity contribution is 5.78. The van der Waals surface area contributed by atoms with Crippen LogP contribution >= 0.6 is 0 Å². The summed E-state index contributed by atoms with van der Waals surface area (Å²) >= 11 is 0. The molecule has 0 spiro atoms. The second kappa shape index (κ2) is 7.94. The molecule has 19 heavy (non-hydrogen) atoms. The minimum absolute atomic E-state index is 0.0284. The third kappa shape index (κ3) is 4.67. The van der Waals surface area contributed by atoms with Crippen molar-refractivity contribution >= 4 is 11.9 Å². The highest BCUT2D eigenvalue weighted by atomic mass is 16.5.